The molecule has 2 aromatic rings. The monoisotopic (exact) mass is 345 g/mol. The molecule has 3 heterocycles. The van der Waals surface area contributed by atoms with E-state index in [2.05, 4.69) is 45.8 Å². The van der Waals surface area contributed by atoms with Crippen LogP contribution in [0.5, 0.6) is 5.75 Å². The van der Waals surface area contributed by atoms with E-state index in [0.717, 1.165) is 43.9 Å². The predicted octanol–water partition coefficient (Wildman–Crippen LogP) is 3.30. The fraction of sp³-hybridized carbons (Fsp3) is 0.667. The minimum Gasteiger partial charge on any atom is -0.490 e. The number of anilines is 1. The first-order valence-corrected chi connectivity index (χ1v) is 9.10. The molecule has 136 valence electrons. The lowest BCUT2D eigenvalue weighted by Crippen LogP contribution is -2.36. The Bertz CT molecular complexity index is 638. The lowest BCUT2D eigenvalue weighted by molar-refractivity contribution is 0.219. The van der Waals surface area contributed by atoms with Crippen LogP contribution in [0.15, 0.2) is 23.2 Å². The Kier molecular flexibility index (Phi) is 5.83. The van der Waals surface area contributed by atoms with E-state index in [1.54, 1.807) is 12.4 Å². The summed E-state index contributed by atoms with van der Waals surface area (Å²) in [6.45, 7) is 9.12. The average Bonchev–Trinajstić information content (AvgIpc) is 3.13. The van der Waals surface area contributed by atoms with E-state index in [9.17, 15) is 0 Å². The molecular formula is C18H27N5O2. The van der Waals surface area contributed by atoms with E-state index in [4.69, 9.17) is 9.26 Å². The highest BCUT2D eigenvalue weighted by Gasteiger charge is 2.26. The molecule has 0 unspecified atom stereocenters. The van der Waals surface area contributed by atoms with Crippen molar-refractivity contribution in [2.24, 2.45) is 11.8 Å². The minimum absolute atomic E-state index is 0.296. The Balaban J connectivity index is 1.41. The van der Waals surface area contributed by atoms with Gasteiger partial charge in [0.15, 0.2) is 11.6 Å². The Morgan fingerprint density at radius 1 is 1.20 bits per heavy atom. The summed E-state index contributed by atoms with van der Waals surface area (Å²) < 4.78 is 11.1. The van der Waals surface area contributed by atoms with Crippen LogP contribution in [0.3, 0.4) is 0 Å². The lowest BCUT2D eigenvalue weighted by atomic mass is 9.84. The number of hydrogen-bond donors (Lipinski definition) is 0. The topological polar surface area (TPSA) is 77.2 Å². The van der Waals surface area contributed by atoms with Crippen molar-refractivity contribution in [2.75, 3.05) is 24.6 Å². The molecule has 1 aliphatic rings. The van der Waals surface area contributed by atoms with Crippen LogP contribution in [0, 0.1) is 11.8 Å². The third-order valence-electron chi connectivity index (χ3n) is 4.94. The fourth-order valence-corrected chi connectivity index (χ4v) is 3.21. The SMILES string of the molecule is CC(C)c1noc(N2CCC([C@H](C)CCOc3cncnc3)CC2)n1. The zero-order chi connectivity index (χ0) is 17.6. The Labute approximate surface area is 148 Å². The van der Waals surface area contributed by atoms with Crippen LogP contribution < -0.4 is 9.64 Å². The van der Waals surface area contributed by atoms with Crippen molar-refractivity contribution in [3.8, 4) is 5.75 Å². The van der Waals surface area contributed by atoms with Gasteiger partial charge in [-0.3, -0.25) is 0 Å². The smallest absolute Gasteiger partial charge is 0.324 e. The van der Waals surface area contributed by atoms with Crippen LogP contribution in [-0.2, 0) is 0 Å². The number of aromatic nitrogens is 4. The van der Waals surface area contributed by atoms with Crippen molar-refractivity contribution >= 4 is 6.01 Å². The van der Waals surface area contributed by atoms with E-state index < -0.39 is 0 Å². The molecule has 0 aromatic carbocycles. The number of rotatable bonds is 7. The molecule has 0 spiro atoms. The van der Waals surface area contributed by atoms with Gasteiger partial charge >= 0.3 is 6.01 Å². The van der Waals surface area contributed by atoms with Gasteiger partial charge in [-0.2, -0.15) is 4.98 Å². The maximum absolute atomic E-state index is 5.71. The summed E-state index contributed by atoms with van der Waals surface area (Å²) in [7, 11) is 0. The van der Waals surface area contributed by atoms with Crippen molar-refractivity contribution in [3.05, 3.63) is 24.5 Å². The second-order valence-corrected chi connectivity index (χ2v) is 7.10. The molecule has 25 heavy (non-hydrogen) atoms. The first kappa shape index (κ1) is 17.6. The number of piperidine rings is 1. The number of nitrogens with zero attached hydrogens (tertiary/aromatic N) is 5. The van der Waals surface area contributed by atoms with Gasteiger partial charge in [-0.25, -0.2) is 9.97 Å². The van der Waals surface area contributed by atoms with Gasteiger partial charge in [-0.1, -0.05) is 25.9 Å². The van der Waals surface area contributed by atoms with Crippen LogP contribution >= 0.6 is 0 Å². The summed E-state index contributed by atoms with van der Waals surface area (Å²) in [5, 5.41) is 4.06. The summed E-state index contributed by atoms with van der Waals surface area (Å²) in [6.07, 6.45) is 8.25. The van der Waals surface area contributed by atoms with Gasteiger partial charge in [-0.15, -0.1) is 0 Å². The second kappa shape index (κ2) is 8.27. The standard InChI is InChI=1S/C18H27N5O2/c1-13(2)17-21-18(25-22-17)23-7-4-15(5-8-23)14(3)6-9-24-16-10-19-12-20-11-16/h10-15H,4-9H2,1-3H3/t14-/m1/s1. The van der Waals surface area contributed by atoms with E-state index in [-0.39, 0.29) is 0 Å². The molecule has 2 aromatic heterocycles. The Morgan fingerprint density at radius 3 is 2.56 bits per heavy atom. The maximum Gasteiger partial charge on any atom is 0.324 e. The zero-order valence-corrected chi connectivity index (χ0v) is 15.3. The highest BCUT2D eigenvalue weighted by molar-refractivity contribution is 5.26. The van der Waals surface area contributed by atoms with Gasteiger partial charge in [0.2, 0.25) is 0 Å². The van der Waals surface area contributed by atoms with Crippen molar-refractivity contribution < 1.29 is 9.26 Å². The first-order chi connectivity index (χ1) is 12.1. The molecule has 1 fully saturated rings. The second-order valence-electron chi connectivity index (χ2n) is 7.10. The third-order valence-corrected chi connectivity index (χ3v) is 4.94. The summed E-state index contributed by atoms with van der Waals surface area (Å²) in [4.78, 5) is 14.6. The number of ether oxygens (including phenoxy) is 1. The number of hydrogen-bond acceptors (Lipinski definition) is 7. The van der Waals surface area contributed by atoms with Crippen LogP contribution in [0.25, 0.3) is 0 Å². The van der Waals surface area contributed by atoms with Gasteiger partial charge in [0.25, 0.3) is 0 Å². The molecule has 0 aliphatic carbocycles. The van der Waals surface area contributed by atoms with Crippen molar-refractivity contribution in [2.45, 2.75) is 46.0 Å². The molecule has 0 bridgehead atoms. The van der Waals surface area contributed by atoms with E-state index in [1.165, 1.54) is 6.33 Å². The molecule has 0 radical (unpaired) electrons. The summed E-state index contributed by atoms with van der Waals surface area (Å²) in [6, 6.07) is 0.669. The Morgan fingerprint density at radius 2 is 1.92 bits per heavy atom. The molecule has 0 amide bonds. The highest BCUT2D eigenvalue weighted by atomic mass is 16.5. The van der Waals surface area contributed by atoms with E-state index >= 15 is 0 Å². The molecular weight excluding hydrogens is 318 g/mol. The first-order valence-electron chi connectivity index (χ1n) is 9.10. The van der Waals surface area contributed by atoms with Gasteiger partial charge in [0.05, 0.1) is 19.0 Å². The fourth-order valence-electron chi connectivity index (χ4n) is 3.21. The Hall–Kier alpha value is -2.18. The highest BCUT2D eigenvalue weighted by Crippen LogP contribution is 2.29. The van der Waals surface area contributed by atoms with Crippen molar-refractivity contribution in [1.82, 2.24) is 20.1 Å². The molecule has 7 nitrogen and oxygen atoms in total. The van der Waals surface area contributed by atoms with Gasteiger partial charge < -0.3 is 14.2 Å². The summed E-state index contributed by atoms with van der Waals surface area (Å²) in [5.41, 5.74) is 0. The molecule has 1 atom stereocenters. The van der Waals surface area contributed by atoms with Crippen molar-refractivity contribution in [1.29, 1.82) is 0 Å². The molecule has 0 N–H and O–H groups in total. The van der Waals surface area contributed by atoms with Crippen LogP contribution in [-0.4, -0.2) is 39.8 Å². The third kappa shape index (κ3) is 4.67. The predicted molar refractivity (Wildman–Crippen MR) is 94.6 cm³/mol. The molecule has 3 rings (SSSR count). The summed E-state index contributed by atoms with van der Waals surface area (Å²) in [5.74, 6) is 3.15. The quantitative estimate of drug-likeness (QED) is 0.762. The maximum atomic E-state index is 5.71. The van der Waals surface area contributed by atoms with Crippen LogP contribution in [0.4, 0.5) is 6.01 Å². The van der Waals surface area contributed by atoms with Crippen molar-refractivity contribution in [3.63, 3.8) is 0 Å². The van der Waals surface area contributed by atoms with E-state index in [1.807, 2.05) is 0 Å². The molecule has 7 heteroatoms. The minimum atomic E-state index is 0.296. The van der Waals surface area contributed by atoms with Crippen LogP contribution in [0.2, 0.25) is 0 Å². The molecule has 0 saturated carbocycles. The summed E-state index contributed by atoms with van der Waals surface area (Å²) >= 11 is 0. The molecule has 1 aliphatic heterocycles. The largest absolute Gasteiger partial charge is 0.490 e. The van der Waals surface area contributed by atoms with Gasteiger partial charge in [-0.05, 0) is 31.1 Å². The normalized spacial score (nSPS) is 17.0. The molecule has 1 saturated heterocycles. The lowest BCUT2D eigenvalue weighted by Gasteiger charge is -2.33. The van der Waals surface area contributed by atoms with E-state index in [0.29, 0.717) is 30.4 Å². The average molecular weight is 345 g/mol. The van der Waals surface area contributed by atoms with Gasteiger partial charge in [0.1, 0.15) is 6.33 Å². The van der Waals surface area contributed by atoms with Gasteiger partial charge in [0, 0.05) is 19.0 Å². The van der Waals surface area contributed by atoms with Crippen LogP contribution in [0.1, 0.15) is 51.8 Å². The zero-order valence-electron chi connectivity index (χ0n) is 15.3.